The molecule has 78 valence electrons. The second-order valence-corrected chi connectivity index (χ2v) is 3.84. The lowest BCUT2D eigenvalue weighted by atomic mass is 10.2. The molecule has 1 atom stereocenters. The van der Waals surface area contributed by atoms with Gasteiger partial charge in [0.15, 0.2) is 0 Å². The van der Waals surface area contributed by atoms with E-state index in [2.05, 4.69) is 21.6 Å². The average Bonchev–Trinajstić information content (AvgIpc) is 2.87. The fourth-order valence-electron chi connectivity index (χ4n) is 1.96. The number of hydrogen-bond donors (Lipinski definition) is 2. The zero-order valence-electron chi connectivity index (χ0n) is 8.36. The van der Waals surface area contributed by atoms with Gasteiger partial charge in [0.05, 0.1) is 24.4 Å². The minimum atomic E-state index is 0.436. The van der Waals surface area contributed by atoms with Crippen molar-refractivity contribution in [3.63, 3.8) is 0 Å². The summed E-state index contributed by atoms with van der Waals surface area (Å²) in [7, 11) is 0. The highest BCUT2D eigenvalue weighted by atomic mass is 16.5. The van der Waals surface area contributed by atoms with Crippen molar-refractivity contribution < 1.29 is 4.74 Å². The Morgan fingerprint density at radius 2 is 2.47 bits per heavy atom. The first-order valence-corrected chi connectivity index (χ1v) is 5.20. The van der Waals surface area contributed by atoms with E-state index in [0.29, 0.717) is 6.04 Å². The number of ether oxygens (including phenoxy) is 1. The van der Waals surface area contributed by atoms with Crippen LogP contribution in [-0.2, 0) is 4.74 Å². The van der Waals surface area contributed by atoms with Crippen molar-refractivity contribution in [2.75, 3.05) is 18.5 Å². The van der Waals surface area contributed by atoms with E-state index in [-0.39, 0.29) is 0 Å². The Balaban J connectivity index is 1.92. The Morgan fingerprint density at radius 3 is 3.33 bits per heavy atom. The van der Waals surface area contributed by atoms with Gasteiger partial charge in [-0.15, -0.1) is 0 Å². The summed E-state index contributed by atoms with van der Waals surface area (Å²) in [6.45, 7) is 1.66. The predicted molar refractivity (Wildman–Crippen MR) is 58.9 cm³/mol. The van der Waals surface area contributed by atoms with Gasteiger partial charge in [-0.3, -0.25) is 5.10 Å². The van der Waals surface area contributed by atoms with E-state index in [4.69, 9.17) is 4.74 Å². The molecule has 0 aliphatic carbocycles. The van der Waals surface area contributed by atoms with Gasteiger partial charge in [-0.05, 0) is 18.6 Å². The van der Waals surface area contributed by atoms with Crippen LogP contribution in [0.15, 0.2) is 24.4 Å². The number of nitrogens with zero attached hydrogens (tertiary/aromatic N) is 1. The highest BCUT2D eigenvalue weighted by Crippen LogP contribution is 2.23. The second kappa shape index (κ2) is 3.55. The zero-order valence-corrected chi connectivity index (χ0v) is 8.36. The van der Waals surface area contributed by atoms with Crippen LogP contribution in [0.3, 0.4) is 0 Å². The van der Waals surface area contributed by atoms with Crippen LogP contribution in [-0.4, -0.2) is 29.5 Å². The van der Waals surface area contributed by atoms with Crippen LogP contribution >= 0.6 is 0 Å². The van der Waals surface area contributed by atoms with Gasteiger partial charge >= 0.3 is 0 Å². The van der Waals surface area contributed by atoms with Gasteiger partial charge in [0, 0.05) is 17.7 Å². The van der Waals surface area contributed by atoms with E-state index in [1.165, 1.54) is 0 Å². The Morgan fingerprint density at radius 1 is 1.47 bits per heavy atom. The van der Waals surface area contributed by atoms with E-state index in [1.54, 1.807) is 0 Å². The van der Waals surface area contributed by atoms with Crippen molar-refractivity contribution in [1.29, 1.82) is 0 Å². The summed E-state index contributed by atoms with van der Waals surface area (Å²) < 4.78 is 5.34. The fraction of sp³-hybridized carbons (Fsp3) is 0.364. The molecule has 3 rings (SSSR count). The van der Waals surface area contributed by atoms with E-state index in [0.717, 1.165) is 36.2 Å². The molecule has 0 amide bonds. The third-order valence-electron chi connectivity index (χ3n) is 2.77. The number of nitrogens with one attached hydrogen (secondary N) is 2. The SMILES string of the molecule is c1cc(NC2CCOC2)c2cn[nH]c2c1. The number of rotatable bonds is 2. The summed E-state index contributed by atoms with van der Waals surface area (Å²) in [5.41, 5.74) is 2.20. The van der Waals surface area contributed by atoms with Crippen molar-refractivity contribution in [2.24, 2.45) is 0 Å². The third kappa shape index (κ3) is 1.57. The molecule has 0 saturated carbocycles. The molecule has 1 unspecified atom stereocenters. The van der Waals surface area contributed by atoms with Crippen molar-refractivity contribution in [2.45, 2.75) is 12.5 Å². The van der Waals surface area contributed by atoms with Crippen LogP contribution in [0.5, 0.6) is 0 Å². The molecule has 1 aliphatic rings. The van der Waals surface area contributed by atoms with Crippen molar-refractivity contribution in [3.05, 3.63) is 24.4 Å². The van der Waals surface area contributed by atoms with Gasteiger partial charge in [0.2, 0.25) is 0 Å². The first-order chi connectivity index (χ1) is 7.43. The van der Waals surface area contributed by atoms with Gasteiger partial charge in [-0.2, -0.15) is 5.10 Å². The molecule has 4 nitrogen and oxygen atoms in total. The van der Waals surface area contributed by atoms with Crippen molar-refractivity contribution >= 4 is 16.6 Å². The highest BCUT2D eigenvalue weighted by molar-refractivity contribution is 5.90. The molecule has 0 radical (unpaired) electrons. The van der Waals surface area contributed by atoms with Crippen LogP contribution in [0, 0.1) is 0 Å². The van der Waals surface area contributed by atoms with Gasteiger partial charge in [0.25, 0.3) is 0 Å². The summed E-state index contributed by atoms with van der Waals surface area (Å²) in [6, 6.07) is 6.57. The molecule has 1 fully saturated rings. The number of H-pyrrole nitrogens is 1. The summed E-state index contributed by atoms with van der Waals surface area (Å²) in [4.78, 5) is 0. The largest absolute Gasteiger partial charge is 0.379 e. The number of anilines is 1. The Kier molecular flexibility index (Phi) is 2.07. The molecule has 15 heavy (non-hydrogen) atoms. The average molecular weight is 203 g/mol. The lowest BCUT2D eigenvalue weighted by Crippen LogP contribution is -2.18. The summed E-state index contributed by atoms with van der Waals surface area (Å²) >= 11 is 0. The first-order valence-electron chi connectivity index (χ1n) is 5.20. The normalized spacial score (nSPS) is 20.9. The van der Waals surface area contributed by atoms with Crippen LogP contribution in [0.2, 0.25) is 0 Å². The predicted octanol–water partition coefficient (Wildman–Crippen LogP) is 1.76. The molecule has 0 spiro atoms. The number of fused-ring (bicyclic) bond motifs is 1. The molecule has 2 N–H and O–H groups in total. The smallest absolute Gasteiger partial charge is 0.0671 e. The highest BCUT2D eigenvalue weighted by Gasteiger charge is 2.15. The number of aromatic nitrogens is 2. The molecule has 1 saturated heterocycles. The Hall–Kier alpha value is -1.55. The maximum Gasteiger partial charge on any atom is 0.0671 e. The minimum Gasteiger partial charge on any atom is -0.379 e. The van der Waals surface area contributed by atoms with E-state index < -0.39 is 0 Å². The molecule has 4 heteroatoms. The van der Waals surface area contributed by atoms with Gasteiger partial charge < -0.3 is 10.1 Å². The minimum absolute atomic E-state index is 0.436. The summed E-state index contributed by atoms with van der Waals surface area (Å²) in [5, 5.41) is 11.6. The maximum absolute atomic E-state index is 5.34. The summed E-state index contributed by atoms with van der Waals surface area (Å²) in [6.07, 6.45) is 2.93. The molecule has 1 aromatic carbocycles. The monoisotopic (exact) mass is 203 g/mol. The van der Waals surface area contributed by atoms with Crippen molar-refractivity contribution in [3.8, 4) is 0 Å². The zero-order chi connectivity index (χ0) is 10.1. The molecular weight excluding hydrogens is 190 g/mol. The van der Waals surface area contributed by atoms with E-state index in [1.807, 2.05) is 18.3 Å². The van der Waals surface area contributed by atoms with Gasteiger partial charge in [-0.1, -0.05) is 6.07 Å². The Labute approximate surface area is 87.6 Å². The molecular formula is C11H13N3O. The quantitative estimate of drug-likeness (QED) is 0.782. The third-order valence-corrected chi connectivity index (χ3v) is 2.77. The first kappa shape index (κ1) is 8.73. The standard InChI is InChI=1S/C11H13N3O/c1-2-10(13-8-4-5-15-7-8)9-6-12-14-11(9)3-1/h1-3,6,8,13H,4-5,7H2,(H,12,14). The van der Waals surface area contributed by atoms with Crippen LogP contribution in [0.4, 0.5) is 5.69 Å². The summed E-state index contributed by atoms with van der Waals surface area (Å²) in [5.74, 6) is 0. The van der Waals surface area contributed by atoms with Crippen LogP contribution < -0.4 is 5.32 Å². The lowest BCUT2D eigenvalue weighted by molar-refractivity contribution is 0.195. The lowest BCUT2D eigenvalue weighted by Gasteiger charge is -2.12. The van der Waals surface area contributed by atoms with Crippen molar-refractivity contribution in [1.82, 2.24) is 10.2 Å². The molecule has 0 bridgehead atoms. The molecule has 1 aromatic heterocycles. The Bertz CT molecular complexity index is 460. The van der Waals surface area contributed by atoms with Crippen LogP contribution in [0.25, 0.3) is 10.9 Å². The number of benzene rings is 1. The van der Waals surface area contributed by atoms with Crippen LogP contribution in [0.1, 0.15) is 6.42 Å². The van der Waals surface area contributed by atoms with Gasteiger partial charge in [-0.25, -0.2) is 0 Å². The van der Waals surface area contributed by atoms with Gasteiger partial charge in [0.1, 0.15) is 0 Å². The second-order valence-electron chi connectivity index (χ2n) is 3.84. The number of aromatic amines is 1. The molecule has 2 heterocycles. The van der Waals surface area contributed by atoms with E-state index >= 15 is 0 Å². The molecule has 1 aliphatic heterocycles. The topological polar surface area (TPSA) is 49.9 Å². The fourth-order valence-corrected chi connectivity index (χ4v) is 1.96. The molecule has 2 aromatic rings. The van der Waals surface area contributed by atoms with E-state index in [9.17, 15) is 0 Å². The number of hydrogen-bond acceptors (Lipinski definition) is 3. The maximum atomic E-state index is 5.34.